The first-order valence-corrected chi connectivity index (χ1v) is 10.9. The van der Waals surface area contributed by atoms with Gasteiger partial charge in [0.05, 0.1) is 12.1 Å². The molecule has 0 bridgehead atoms. The molecule has 0 amide bonds. The van der Waals surface area contributed by atoms with Crippen LogP contribution in [0.5, 0.6) is 0 Å². The molecule has 158 valence electrons. The van der Waals surface area contributed by atoms with E-state index in [4.69, 9.17) is 4.98 Å². The summed E-state index contributed by atoms with van der Waals surface area (Å²) in [5.74, 6) is -0.931. The first-order valence-electron chi connectivity index (χ1n) is 10.1. The van der Waals surface area contributed by atoms with E-state index < -0.39 is 11.9 Å². The average molecular weight is 435 g/mol. The molecule has 0 saturated carbocycles. The van der Waals surface area contributed by atoms with Crippen molar-refractivity contribution >= 4 is 33.6 Å². The van der Waals surface area contributed by atoms with E-state index in [9.17, 15) is 19.8 Å². The summed E-state index contributed by atoms with van der Waals surface area (Å²) in [5, 5.41) is 18.8. The molecule has 0 fully saturated rings. The molecule has 0 aliphatic rings. The van der Waals surface area contributed by atoms with Crippen LogP contribution in [0.15, 0.2) is 54.6 Å². The fraction of sp³-hybridized carbons (Fsp3) is 0.208. The number of fused-ring (bicyclic) bond motifs is 1. The van der Waals surface area contributed by atoms with Gasteiger partial charge in [-0.15, -0.1) is 11.3 Å². The number of hydrogen-bond donors (Lipinski definition) is 2. The quantitative estimate of drug-likeness (QED) is 0.379. The van der Waals surface area contributed by atoms with Gasteiger partial charge in [0, 0.05) is 6.42 Å². The minimum Gasteiger partial charge on any atom is -0.478 e. The Bertz CT molecular complexity index is 1250. The molecule has 0 atom stereocenters. The van der Waals surface area contributed by atoms with Crippen molar-refractivity contribution in [3.05, 3.63) is 76.4 Å². The van der Waals surface area contributed by atoms with Gasteiger partial charge in [0.25, 0.3) is 0 Å². The molecule has 2 N–H and O–H groups in total. The lowest BCUT2D eigenvalue weighted by Crippen LogP contribution is -2.05. The standard InChI is InChI=1S/C24H22N2O4S/c1-2-3-8-21-25-19-13-20(24(29)30)31-22(19)26(21)14-15-9-11-16(12-10-15)17-6-4-5-7-18(17)23(27)28/h4-7,9-13H,2-3,8,14H2,1H3,(H,27,28)(H,29,30). The first kappa shape index (κ1) is 20.8. The number of aromatic nitrogens is 2. The zero-order valence-corrected chi connectivity index (χ0v) is 17.9. The molecule has 0 aliphatic carbocycles. The Morgan fingerprint density at radius 2 is 1.77 bits per heavy atom. The molecule has 6 nitrogen and oxygen atoms in total. The van der Waals surface area contributed by atoms with Crippen molar-refractivity contribution in [2.24, 2.45) is 0 Å². The lowest BCUT2D eigenvalue weighted by molar-refractivity contribution is 0.0689. The highest BCUT2D eigenvalue weighted by Gasteiger charge is 2.17. The van der Waals surface area contributed by atoms with Crippen molar-refractivity contribution < 1.29 is 19.8 Å². The smallest absolute Gasteiger partial charge is 0.346 e. The molecule has 0 aliphatic heterocycles. The summed E-state index contributed by atoms with van der Waals surface area (Å²) in [6, 6.07) is 16.4. The highest BCUT2D eigenvalue weighted by atomic mass is 32.1. The molecule has 0 spiro atoms. The van der Waals surface area contributed by atoms with Crippen molar-refractivity contribution in [3.63, 3.8) is 0 Å². The number of rotatable bonds is 8. The van der Waals surface area contributed by atoms with E-state index >= 15 is 0 Å². The molecule has 2 heterocycles. The Kier molecular flexibility index (Phi) is 5.86. The molecular formula is C24H22N2O4S. The summed E-state index contributed by atoms with van der Waals surface area (Å²) >= 11 is 1.25. The topological polar surface area (TPSA) is 92.4 Å². The summed E-state index contributed by atoms with van der Waals surface area (Å²) in [6.07, 6.45) is 2.91. The van der Waals surface area contributed by atoms with Gasteiger partial charge >= 0.3 is 11.9 Å². The van der Waals surface area contributed by atoms with E-state index in [1.165, 1.54) is 11.3 Å². The molecule has 7 heteroatoms. The number of hydrogen-bond acceptors (Lipinski definition) is 4. The fourth-order valence-corrected chi connectivity index (χ4v) is 4.61. The highest BCUT2D eigenvalue weighted by molar-refractivity contribution is 7.20. The number of unbranched alkanes of at least 4 members (excludes halogenated alkanes) is 1. The molecule has 0 saturated heterocycles. The first-order chi connectivity index (χ1) is 15.0. The van der Waals surface area contributed by atoms with Crippen LogP contribution in [0, 0.1) is 0 Å². The van der Waals surface area contributed by atoms with E-state index in [2.05, 4.69) is 11.5 Å². The summed E-state index contributed by atoms with van der Waals surface area (Å²) in [5.41, 5.74) is 3.56. The van der Waals surface area contributed by atoms with Gasteiger partial charge in [0.1, 0.15) is 21.0 Å². The summed E-state index contributed by atoms with van der Waals surface area (Å²) < 4.78 is 2.10. The Morgan fingerprint density at radius 1 is 1.03 bits per heavy atom. The maximum atomic E-state index is 11.5. The summed E-state index contributed by atoms with van der Waals surface area (Å²) in [6.45, 7) is 2.71. The van der Waals surface area contributed by atoms with Crippen LogP contribution in [-0.2, 0) is 13.0 Å². The van der Waals surface area contributed by atoms with Gasteiger partial charge in [-0.1, -0.05) is 55.8 Å². The fourth-order valence-electron chi connectivity index (χ4n) is 3.65. The van der Waals surface area contributed by atoms with Crippen molar-refractivity contribution in [2.75, 3.05) is 0 Å². The predicted octanol–water partition coefficient (Wildman–Crippen LogP) is 5.55. The number of carbonyl (C=O) groups is 2. The van der Waals surface area contributed by atoms with E-state index in [-0.39, 0.29) is 10.4 Å². The second-order valence-corrected chi connectivity index (χ2v) is 8.40. The monoisotopic (exact) mass is 434 g/mol. The Hall–Kier alpha value is -3.45. The Labute approximate surface area is 183 Å². The molecule has 0 unspecified atom stereocenters. The summed E-state index contributed by atoms with van der Waals surface area (Å²) in [7, 11) is 0. The van der Waals surface area contributed by atoms with Crippen molar-refractivity contribution in [3.8, 4) is 11.1 Å². The zero-order chi connectivity index (χ0) is 22.0. The van der Waals surface area contributed by atoms with Gasteiger partial charge in [-0.2, -0.15) is 0 Å². The van der Waals surface area contributed by atoms with Crippen molar-refractivity contribution in [1.29, 1.82) is 0 Å². The zero-order valence-electron chi connectivity index (χ0n) is 17.0. The molecule has 4 aromatic rings. The van der Waals surface area contributed by atoms with Crippen LogP contribution in [0.4, 0.5) is 0 Å². The second kappa shape index (κ2) is 8.73. The van der Waals surface area contributed by atoms with Crippen molar-refractivity contribution in [1.82, 2.24) is 9.55 Å². The third kappa shape index (κ3) is 4.22. The van der Waals surface area contributed by atoms with Crippen LogP contribution in [0.3, 0.4) is 0 Å². The van der Waals surface area contributed by atoms with Crippen LogP contribution in [0.2, 0.25) is 0 Å². The number of thiophene rings is 1. The van der Waals surface area contributed by atoms with Crippen LogP contribution in [0.25, 0.3) is 21.5 Å². The second-order valence-electron chi connectivity index (χ2n) is 7.37. The molecular weight excluding hydrogens is 412 g/mol. The van der Waals surface area contributed by atoms with E-state index in [1.807, 2.05) is 30.3 Å². The van der Waals surface area contributed by atoms with Gasteiger partial charge in [-0.25, -0.2) is 14.6 Å². The number of nitrogens with zero attached hydrogens (tertiary/aromatic N) is 2. The number of aryl methyl sites for hydroxylation is 1. The average Bonchev–Trinajstić information content (AvgIpc) is 3.32. The van der Waals surface area contributed by atoms with Gasteiger partial charge in [-0.05, 0) is 35.2 Å². The van der Waals surface area contributed by atoms with Crippen LogP contribution < -0.4 is 0 Å². The molecule has 2 aromatic carbocycles. The SMILES string of the molecule is CCCCc1nc2cc(C(=O)O)sc2n1Cc1ccc(-c2ccccc2C(=O)O)cc1. The van der Waals surface area contributed by atoms with Crippen LogP contribution in [-0.4, -0.2) is 31.7 Å². The third-order valence-corrected chi connectivity index (χ3v) is 6.36. The van der Waals surface area contributed by atoms with Crippen LogP contribution in [0.1, 0.15) is 51.2 Å². The number of carboxylic acid groups (broad SMARTS) is 2. The van der Waals surface area contributed by atoms with Crippen molar-refractivity contribution in [2.45, 2.75) is 32.7 Å². The van der Waals surface area contributed by atoms with E-state index in [1.54, 1.807) is 24.3 Å². The Morgan fingerprint density at radius 3 is 2.45 bits per heavy atom. The number of aromatic carboxylic acids is 2. The van der Waals surface area contributed by atoms with E-state index in [0.717, 1.165) is 46.6 Å². The molecule has 2 aromatic heterocycles. The number of carboxylic acids is 2. The number of imidazole rings is 1. The maximum Gasteiger partial charge on any atom is 0.346 e. The van der Waals surface area contributed by atoms with Gasteiger partial charge in [0.2, 0.25) is 0 Å². The highest BCUT2D eigenvalue weighted by Crippen LogP contribution is 2.29. The summed E-state index contributed by atoms with van der Waals surface area (Å²) in [4.78, 5) is 28.7. The minimum absolute atomic E-state index is 0.271. The predicted molar refractivity (Wildman–Crippen MR) is 121 cm³/mol. The molecule has 31 heavy (non-hydrogen) atoms. The normalized spacial score (nSPS) is 11.1. The van der Waals surface area contributed by atoms with E-state index in [0.29, 0.717) is 12.1 Å². The lowest BCUT2D eigenvalue weighted by atomic mass is 9.99. The molecule has 0 radical (unpaired) electrons. The van der Waals surface area contributed by atoms with Gasteiger partial charge < -0.3 is 14.8 Å². The van der Waals surface area contributed by atoms with Gasteiger partial charge in [0.15, 0.2) is 0 Å². The largest absolute Gasteiger partial charge is 0.478 e. The Balaban J connectivity index is 1.67. The minimum atomic E-state index is -0.951. The number of benzene rings is 2. The van der Waals surface area contributed by atoms with Crippen LogP contribution >= 0.6 is 11.3 Å². The lowest BCUT2D eigenvalue weighted by Gasteiger charge is -2.11. The molecule has 4 rings (SSSR count). The maximum absolute atomic E-state index is 11.5. The third-order valence-electron chi connectivity index (χ3n) is 5.23. The van der Waals surface area contributed by atoms with Gasteiger partial charge in [-0.3, -0.25) is 0 Å².